The highest BCUT2D eigenvalue weighted by Crippen LogP contribution is 2.17. The Hall–Kier alpha value is -1.11. The maximum atomic E-state index is 11.2. The Balaban J connectivity index is 2.57. The SMILES string of the molecule is COC(=O)c1cnc2c(ccn2I)c1. The first kappa shape index (κ1) is 9.45. The van der Waals surface area contributed by atoms with Crippen molar-refractivity contribution in [1.82, 2.24) is 7.76 Å². The fraction of sp³-hybridized carbons (Fsp3) is 0.111. The predicted octanol–water partition coefficient (Wildman–Crippen LogP) is 2.02. The molecule has 2 heterocycles. The van der Waals surface area contributed by atoms with E-state index in [1.54, 1.807) is 6.07 Å². The zero-order chi connectivity index (χ0) is 10.1. The second kappa shape index (κ2) is 3.56. The number of ether oxygens (including phenoxy) is 1. The van der Waals surface area contributed by atoms with E-state index in [0.717, 1.165) is 11.0 Å². The summed E-state index contributed by atoms with van der Waals surface area (Å²) in [6.07, 6.45) is 3.41. The molecule has 0 atom stereocenters. The van der Waals surface area contributed by atoms with Gasteiger partial charge in [-0.15, -0.1) is 0 Å². The molecule has 2 rings (SSSR count). The number of fused-ring (bicyclic) bond motifs is 1. The van der Waals surface area contributed by atoms with Crippen molar-refractivity contribution >= 4 is 39.9 Å². The Bertz CT molecular complexity index is 493. The number of halogens is 1. The first-order valence-electron chi connectivity index (χ1n) is 3.94. The molecular formula is C9H7IN2O2. The summed E-state index contributed by atoms with van der Waals surface area (Å²) in [6.45, 7) is 0. The molecule has 0 saturated heterocycles. The van der Waals surface area contributed by atoms with E-state index in [4.69, 9.17) is 0 Å². The van der Waals surface area contributed by atoms with Gasteiger partial charge in [0.05, 0.1) is 35.5 Å². The van der Waals surface area contributed by atoms with Crippen molar-refractivity contribution in [3.8, 4) is 0 Å². The van der Waals surface area contributed by atoms with Crippen LogP contribution in [-0.4, -0.2) is 20.8 Å². The van der Waals surface area contributed by atoms with E-state index in [0.29, 0.717) is 5.56 Å². The lowest BCUT2D eigenvalue weighted by molar-refractivity contribution is 0.0600. The number of hydrogen-bond donors (Lipinski definition) is 0. The number of aromatic nitrogens is 2. The van der Waals surface area contributed by atoms with Crippen LogP contribution < -0.4 is 0 Å². The van der Waals surface area contributed by atoms with Gasteiger partial charge >= 0.3 is 5.97 Å². The van der Waals surface area contributed by atoms with Crippen LogP contribution in [0.5, 0.6) is 0 Å². The zero-order valence-corrected chi connectivity index (χ0v) is 9.56. The summed E-state index contributed by atoms with van der Waals surface area (Å²) in [5.41, 5.74) is 1.32. The number of rotatable bonds is 1. The fourth-order valence-corrected chi connectivity index (χ4v) is 1.79. The third-order valence-corrected chi connectivity index (χ3v) is 2.68. The van der Waals surface area contributed by atoms with E-state index in [1.807, 2.05) is 15.0 Å². The van der Waals surface area contributed by atoms with E-state index in [2.05, 4.69) is 32.6 Å². The van der Waals surface area contributed by atoms with Gasteiger partial charge in [0.1, 0.15) is 5.65 Å². The molecule has 14 heavy (non-hydrogen) atoms. The van der Waals surface area contributed by atoms with E-state index in [-0.39, 0.29) is 5.97 Å². The second-order valence-electron chi connectivity index (χ2n) is 2.76. The van der Waals surface area contributed by atoms with Gasteiger partial charge in [-0.05, 0) is 12.1 Å². The first-order valence-corrected chi connectivity index (χ1v) is 4.90. The van der Waals surface area contributed by atoms with Crippen molar-refractivity contribution in [2.24, 2.45) is 0 Å². The Labute approximate surface area is 94.4 Å². The number of methoxy groups -OCH3 is 1. The molecule has 2 aromatic rings. The van der Waals surface area contributed by atoms with Gasteiger partial charge in [0.2, 0.25) is 0 Å². The third-order valence-electron chi connectivity index (χ3n) is 1.90. The average Bonchev–Trinajstić information content (AvgIpc) is 2.59. The molecule has 0 spiro atoms. The summed E-state index contributed by atoms with van der Waals surface area (Å²) in [4.78, 5) is 15.4. The minimum atomic E-state index is -0.361. The lowest BCUT2D eigenvalue weighted by Gasteiger charge is -1.98. The predicted molar refractivity (Wildman–Crippen MR) is 60.5 cm³/mol. The zero-order valence-electron chi connectivity index (χ0n) is 7.40. The van der Waals surface area contributed by atoms with Crippen LogP contribution in [0, 0.1) is 0 Å². The molecule has 72 valence electrons. The maximum absolute atomic E-state index is 11.2. The highest BCUT2D eigenvalue weighted by Gasteiger charge is 2.08. The van der Waals surface area contributed by atoms with Crippen molar-refractivity contribution in [3.05, 3.63) is 30.1 Å². The molecule has 0 unspecified atom stereocenters. The number of nitrogens with zero attached hydrogens (tertiary/aromatic N) is 2. The number of carbonyl (C=O) groups is 1. The van der Waals surface area contributed by atoms with Crippen LogP contribution in [0.2, 0.25) is 0 Å². The second-order valence-corrected chi connectivity index (χ2v) is 3.79. The van der Waals surface area contributed by atoms with Crippen LogP contribution in [0.25, 0.3) is 11.0 Å². The van der Waals surface area contributed by atoms with Crippen molar-refractivity contribution < 1.29 is 9.53 Å². The summed E-state index contributed by atoms with van der Waals surface area (Å²) in [7, 11) is 1.36. The number of carbonyl (C=O) groups excluding carboxylic acids is 1. The first-order chi connectivity index (χ1) is 6.72. The Morgan fingerprint density at radius 2 is 2.43 bits per heavy atom. The maximum Gasteiger partial charge on any atom is 0.339 e. The Morgan fingerprint density at radius 3 is 3.14 bits per heavy atom. The van der Waals surface area contributed by atoms with Gasteiger partial charge < -0.3 is 4.74 Å². The molecule has 0 fully saturated rings. The number of pyridine rings is 1. The molecule has 4 nitrogen and oxygen atoms in total. The molecule has 0 amide bonds. The summed E-state index contributed by atoms with van der Waals surface area (Å²) in [5, 5.41) is 0.933. The van der Waals surface area contributed by atoms with Gasteiger partial charge in [0, 0.05) is 17.8 Å². The quantitative estimate of drug-likeness (QED) is 0.598. The smallest absolute Gasteiger partial charge is 0.339 e. The van der Waals surface area contributed by atoms with Crippen molar-refractivity contribution in [2.75, 3.05) is 7.11 Å². The number of esters is 1. The van der Waals surface area contributed by atoms with Crippen LogP contribution >= 0.6 is 22.9 Å². The van der Waals surface area contributed by atoms with Gasteiger partial charge in [-0.2, -0.15) is 0 Å². The van der Waals surface area contributed by atoms with E-state index >= 15 is 0 Å². The van der Waals surface area contributed by atoms with Crippen molar-refractivity contribution in [2.45, 2.75) is 0 Å². The summed E-state index contributed by atoms with van der Waals surface area (Å²) >= 11 is 2.13. The van der Waals surface area contributed by atoms with Crippen LogP contribution in [0.3, 0.4) is 0 Å². The van der Waals surface area contributed by atoms with Gasteiger partial charge in [-0.25, -0.2) is 9.78 Å². The molecule has 0 N–H and O–H groups in total. The summed E-state index contributed by atoms with van der Waals surface area (Å²) in [6, 6.07) is 3.67. The Morgan fingerprint density at radius 1 is 1.64 bits per heavy atom. The lowest BCUT2D eigenvalue weighted by Crippen LogP contribution is -2.01. The molecule has 0 aliphatic heterocycles. The van der Waals surface area contributed by atoms with E-state index in [9.17, 15) is 4.79 Å². The molecule has 0 saturated carbocycles. The minimum Gasteiger partial charge on any atom is -0.465 e. The summed E-state index contributed by atoms with van der Waals surface area (Å²) in [5.74, 6) is -0.361. The van der Waals surface area contributed by atoms with Gasteiger partial charge in [-0.3, -0.25) is 2.78 Å². The molecule has 0 aromatic carbocycles. The molecule has 5 heteroatoms. The topological polar surface area (TPSA) is 44.1 Å². The highest BCUT2D eigenvalue weighted by molar-refractivity contribution is 14.1. The van der Waals surface area contributed by atoms with Crippen LogP contribution in [0.15, 0.2) is 24.5 Å². The molecule has 0 bridgehead atoms. The van der Waals surface area contributed by atoms with E-state index < -0.39 is 0 Å². The normalized spacial score (nSPS) is 10.4. The van der Waals surface area contributed by atoms with Crippen LogP contribution in [0.1, 0.15) is 10.4 Å². The highest BCUT2D eigenvalue weighted by atomic mass is 127. The van der Waals surface area contributed by atoms with Crippen LogP contribution in [0.4, 0.5) is 0 Å². The third kappa shape index (κ3) is 1.47. The van der Waals surface area contributed by atoms with E-state index in [1.165, 1.54) is 13.3 Å². The minimum absolute atomic E-state index is 0.361. The Kier molecular flexibility index (Phi) is 2.40. The van der Waals surface area contributed by atoms with Crippen LogP contribution in [-0.2, 0) is 4.74 Å². The fourth-order valence-electron chi connectivity index (χ4n) is 1.22. The van der Waals surface area contributed by atoms with Crippen molar-refractivity contribution in [3.63, 3.8) is 0 Å². The van der Waals surface area contributed by atoms with Gasteiger partial charge in [-0.1, -0.05) is 0 Å². The monoisotopic (exact) mass is 302 g/mol. The standard InChI is InChI=1S/C9H7IN2O2/c1-14-9(13)7-4-6-2-3-12(10)8(6)11-5-7/h2-5H,1H3. The molecular weight excluding hydrogens is 295 g/mol. The van der Waals surface area contributed by atoms with Gasteiger partial charge in [0.25, 0.3) is 0 Å². The lowest BCUT2D eigenvalue weighted by atomic mass is 10.2. The van der Waals surface area contributed by atoms with Gasteiger partial charge in [0.15, 0.2) is 0 Å². The summed E-state index contributed by atoms with van der Waals surface area (Å²) < 4.78 is 6.47. The molecule has 0 aliphatic carbocycles. The van der Waals surface area contributed by atoms with Crippen molar-refractivity contribution in [1.29, 1.82) is 0 Å². The molecule has 2 aromatic heterocycles. The average molecular weight is 302 g/mol. The largest absolute Gasteiger partial charge is 0.465 e. The molecule has 0 aliphatic rings. The number of hydrogen-bond acceptors (Lipinski definition) is 3. The molecule has 0 radical (unpaired) electrons.